The number of rotatable bonds is 7. The van der Waals surface area contributed by atoms with Crippen molar-refractivity contribution in [1.82, 2.24) is 10.3 Å². The number of benzene rings is 1. The van der Waals surface area contributed by atoms with Gasteiger partial charge in [-0.05, 0) is 48.1 Å². The summed E-state index contributed by atoms with van der Waals surface area (Å²) in [4.78, 5) is 17.3. The van der Waals surface area contributed by atoms with Crippen molar-refractivity contribution in [1.29, 1.82) is 0 Å². The zero-order valence-corrected chi connectivity index (χ0v) is 17.3. The van der Waals surface area contributed by atoms with Gasteiger partial charge in [-0.1, -0.05) is 24.3 Å². The minimum absolute atomic E-state index is 0.00144. The maximum absolute atomic E-state index is 13.4. The van der Waals surface area contributed by atoms with Crippen LogP contribution >= 0.6 is 0 Å². The highest BCUT2D eigenvalue weighted by Crippen LogP contribution is 2.34. The summed E-state index contributed by atoms with van der Waals surface area (Å²) in [5, 5.41) is 2.09. The molecule has 7 nitrogen and oxygen atoms in total. The lowest BCUT2D eigenvalue weighted by atomic mass is 10.0. The van der Waals surface area contributed by atoms with Gasteiger partial charge >= 0.3 is 6.18 Å². The van der Waals surface area contributed by atoms with Gasteiger partial charge < -0.3 is 10.2 Å². The van der Waals surface area contributed by atoms with E-state index in [4.69, 9.17) is 4.55 Å². The van der Waals surface area contributed by atoms with Crippen LogP contribution in [0.15, 0.2) is 36.4 Å². The molecule has 2 N–H and O–H groups in total. The third kappa shape index (κ3) is 6.66. The van der Waals surface area contributed by atoms with Crippen molar-refractivity contribution in [3.05, 3.63) is 47.7 Å². The van der Waals surface area contributed by atoms with Gasteiger partial charge in [-0.3, -0.25) is 9.35 Å². The van der Waals surface area contributed by atoms with Crippen molar-refractivity contribution >= 4 is 21.8 Å². The lowest BCUT2D eigenvalue weighted by Gasteiger charge is -2.19. The second kappa shape index (κ2) is 9.23. The van der Waals surface area contributed by atoms with Crippen LogP contribution in [0.5, 0.6) is 0 Å². The number of halogens is 3. The number of carbonyl (C=O) groups excluding carboxylic acids is 1. The first-order valence-corrected chi connectivity index (χ1v) is 11.3. The van der Waals surface area contributed by atoms with Gasteiger partial charge in [0, 0.05) is 19.5 Å². The minimum atomic E-state index is -4.56. The number of nitrogens with zero attached hydrogens (tertiary/aromatic N) is 2. The van der Waals surface area contributed by atoms with Crippen LogP contribution in [0, 0.1) is 0 Å². The van der Waals surface area contributed by atoms with Crippen molar-refractivity contribution < 1.29 is 30.9 Å². The molecule has 0 bridgehead atoms. The van der Waals surface area contributed by atoms with Crippen LogP contribution in [0.3, 0.4) is 0 Å². The number of carbonyl (C=O) groups is 1. The van der Waals surface area contributed by atoms with E-state index in [1.54, 1.807) is 30.3 Å². The van der Waals surface area contributed by atoms with E-state index < -0.39 is 33.8 Å². The van der Waals surface area contributed by atoms with Gasteiger partial charge in [-0.15, -0.1) is 0 Å². The van der Waals surface area contributed by atoms with E-state index in [2.05, 4.69) is 10.3 Å². The Balaban J connectivity index is 1.74. The Hall–Kier alpha value is -2.66. The zero-order valence-electron chi connectivity index (χ0n) is 16.5. The normalized spacial score (nSPS) is 14.6. The number of hydrogen-bond acceptors (Lipinski definition) is 5. The molecular formula is C20H22F3N3O4S. The van der Waals surface area contributed by atoms with Crippen LogP contribution < -0.4 is 10.2 Å². The Bertz CT molecular complexity index is 1030. The van der Waals surface area contributed by atoms with Crippen molar-refractivity contribution in [2.75, 3.05) is 23.9 Å². The number of alkyl halides is 3. The topological polar surface area (TPSA) is 99.6 Å². The van der Waals surface area contributed by atoms with E-state index in [-0.39, 0.29) is 6.42 Å². The van der Waals surface area contributed by atoms with Gasteiger partial charge in [0.1, 0.15) is 17.4 Å². The molecule has 0 atom stereocenters. The lowest BCUT2D eigenvalue weighted by molar-refractivity contribution is -0.141. The van der Waals surface area contributed by atoms with E-state index in [9.17, 15) is 26.4 Å². The fourth-order valence-corrected chi connectivity index (χ4v) is 3.66. The van der Waals surface area contributed by atoms with Gasteiger partial charge in [-0.25, -0.2) is 4.98 Å². The number of anilines is 1. The Morgan fingerprint density at radius 1 is 1.10 bits per heavy atom. The summed E-state index contributed by atoms with van der Waals surface area (Å²) in [6.07, 6.45) is -2.42. The van der Waals surface area contributed by atoms with Gasteiger partial charge in [0.05, 0.1) is 0 Å². The highest BCUT2D eigenvalue weighted by Gasteiger charge is 2.34. The standard InChI is InChI=1S/C20H22F3N3O4S/c21-20(22,23)17-11-16(12-18(25-17)26-9-1-2-10-26)15-6-3-14(4-7-15)5-8-19(27)24-13-31(28,29)30/h3-4,6-7,11-12H,1-2,5,8-10,13H2,(H,24,27)(H,28,29,30). The predicted octanol–water partition coefficient (Wildman–Crippen LogP) is 3.26. The molecule has 1 aliphatic heterocycles. The van der Waals surface area contributed by atoms with Crippen LogP contribution in [0.25, 0.3) is 11.1 Å². The predicted molar refractivity (Wildman–Crippen MR) is 109 cm³/mol. The minimum Gasteiger partial charge on any atom is -0.357 e. The smallest absolute Gasteiger partial charge is 0.357 e. The van der Waals surface area contributed by atoms with Crippen molar-refractivity contribution in [2.45, 2.75) is 31.9 Å². The van der Waals surface area contributed by atoms with Crippen LogP contribution in [0.2, 0.25) is 0 Å². The fourth-order valence-electron chi connectivity index (χ4n) is 3.32. The molecule has 0 unspecified atom stereocenters. The van der Waals surface area contributed by atoms with E-state index in [1.807, 2.05) is 4.90 Å². The number of aromatic nitrogens is 1. The number of amides is 1. The molecule has 2 aromatic rings. The fraction of sp³-hybridized carbons (Fsp3) is 0.400. The molecule has 1 fully saturated rings. The van der Waals surface area contributed by atoms with Gasteiger partial charge in [-0.2, -0.15) is 21.6 Å². The molecule has 2 heterocycles. The van der Waals surface area contributed by atoms with Crippen molar-refractivity contribution in [3.63, 3.8) is 0 Å². The summed E-state index contributed by atoms with van der Waals surface area (Å²) in [6, 6.07) is 9.43. The van der Waals surface area contributed by atoms with Crippen LogP contribution in [-0.4, -0.2) is 42.8 Å². The second-order valence-electron chi connectivity index (χ2n) is 7.31. The number of pyridine rings is 1. The molecule has 1 aromatic carbocycles. The highest BCUT2D eigenvalue weighted by atomic mass is 32.2. The number of hydrogen-bond donors (Lipinski definition) is 2. The van der Waals surface area contributed by atoms with Crippen molar-refractivity contribution in [2.24, 2.45) is 0 Å². The summed E-state index contributed by atoms with van der Waals surface area (Å²) in [7, 11) is -4.28. The maximum Gasteiger partial charge on any atom is 0.433 e. The van der Waals surface area contributed by atoms with Crippen molar-refractivity contribution in [3.8, 4) is 11.1 Å². The summed E-state index contributed by atoms with van der Waals surface area (Å²) in [5.41, 5.74) is 0.816. The Kier molecular flexibility index (Phi) is 6.85. The van der Waals surface area contributed by atoms with Crippen LogP contribution in [0.1, 0.15) is 30.5 Å². The molecule has 1 amide bonds. The van der Waals surface area contributed by atoms with E-state index in [0.717, 1.165) is 24.5 Å². The highest BCUT2D eigenvalue weighted by molar-refractivity contribution is 7.85. The lowest BCUT2D eigenvalue weighted by Crippen LogP contribution is -2.29. The second-order valence-corrected chi connectivity index (χ2v) is 8.77. The van der Waals surface area contributed by atoms with E-state index in [1.165, 1.54) is 0 Å². The first-order chi connectivity index (χ1) is 14.5. The summed E-state index contributed by atoms with van der Waals surface area (Å²) in [6.45, 7) is 1.35. The molecule has 168 valence electrons. The third-order valence-electron chi connectivity index (χ3n) is 4.91. The Morgan fingerprint density at radius 2 is 1.74 bits per heavy atom. The monoisotopic (exact) mass is 457 g/mol. The molecule has 1 aliphatic rings. The summed E-state index contributed by atoms with van der Waals surface area (Å²) < 4.78 is 70.0. The molecule has 0 aliphatic carbocycles. The summed E-state index contributed by atoms with van der Waals surface area (Å²) in [5.74, 6) is -1.09. The first kappa shape index (κ1) is 23.0. The molecule has 0 saturated carbocycles. The quantitative estimate of drug-likeness (QED) is 0.620. The Labute approximate surface area is 178 Å². The first-order valence-electron chi connectivity index (χ1n) is 9.67. The molecule has 0 radical (unpaired) electrons. The molecule has 1 aromatic heterocycles. The number of nitrogens with one attached hydrogen (secondary N) is 1. The molecular weight excluding hydrogens is 435 g/mol. The number of aryl methyl sites for hydroxylation is 1. The molecule has 3 rings (SSSR count). The van der Waals surface area contributed by atoms with Crippen LogP contribution in [0.4, 0.5) is 19.0 Å². The largest absolute Gasteiger partial charge is 0.433 e. The molecule has 31 heavy (non-hydrogen) atoms. The third-order valence-corrected chi connectivity index (χ3v) is 5.42. The average Bonchev–Trinajstić information content (AvgIpc) is 3.24. The summed E-state index contributed by atoms with van der Waals surface area (Å²) >= 11 is 0. The SMILES string of the molecule is O=C(CCc1ccc(-c2cc(N3CCCC3)nc(C(F)(F)F)c2)cc1)NCS(=O)(=O)O. The maximum atomic E-state index is 13.4. The van der Waals surface area contributed by atoms with E-state index >= 15 is 0 Å². The van der Waals surface area contributed by atoms with Gasteiger partial charge in [0.15, 0.2) is 0 Å². The van der Waals surface area contributed by atoms with Gasteiger partial charge in [0.25, 0.3) is 10.1 Å². The zero-order chi connectivity index (χ0) is 22.6. The van der Waals surface area contributed by atoms with Gasteiger partial charge in [0.2, 0.25) is 5.91 Å². The molecule has 11 heteroatoms. The van der Waals surface area contributed by atoms with E-state index in [0.29, 0.717) is 36.5 Å². The molecule has 0 spiro atoms. The van der Waals surface area contributed by atoms with Crippen LogP contribution in [-0.2, 0) is 27.5 Å². The average molecular weight is 457 g/mol. The Morgan fingerprint density at radius 3 is 2.32 bits per heavy atom. The molecule has 1 saturated heterocycles.